The van der Waals surface area contributed by atoms with Crippen LogP contribution in [0.2, 0.25) is 0 Å². The predicted molar refractivity (Wildman–Crippen MR) is 88.5 cm³/mol. The van der Waals surface area contributed by atoms with Crippen LogP contribution >= 0.6 is 0 Å². The van der Waals surface area contributed by atoms with E-state index in [1.54, 1.807) is 13.8 Å². The van der Waals surface area contributed by atoms with Crippen molar-refractivity contribution in [3.63, 3.8) is 0 Å². The number of hydrogen-bond acceptors (Lipinski definition) is 5. The zero-order valence-electron chi connectivity index (χ0n) is 14.4. The molecule has 8 heteroatoms. The van der Waals surface area contributed by atoms with E-state index >= 15 is 0 Å². The molecule has 2 saturated heterocycles. The highest BCUT2D eigenvalue weighted by Crippen LogP contribution is 2.21. The summed E-state index contributed by atoms with van der Waals surface area (Å²) in [6, 6.07) is 0. The summed E-state index contributed by atoms with van der Waals surface area (Å²) in [7, 11) is -3.23. The normalized spacial score (nSPS) is 25.6. The summed E-state index contributed by atoms with van der Waals surface area (Å²) in [5.41, 5.74) is -0.731. The van der Waals surface area contributed by atoms with E-state index in [0.717, 1.165) is 25.9 Å². The van der Waals surface area contributed by atoms with Crippen LogP contribution in [0.15, 0.2) is 0 Å². The molecule has 2 aliphatic rings. The average Bonchev–Trinajstić information content (AvgIpc) is 2.45. The molecule has 2 heterocycles. The minimum atomic E-state index is -3.23. The van der Waals surface area contributed by atoms with E-state index in [1.807, 2.05) is 4.90 Å². The van der Waals surface area contributed by atoms with Gasteiger partial charge in [-0.3, -0.25) is 9.69 Å². The van der Waals surface area contributed by atoms with Crippen molar-refractivity contribution in [1.29, 1.82) is 0 Å². The molecule has 0 aromatic rings. The molecule has 0 aromatic heterocycles. The molecular weight excluding hydrogens is 318 g/mol. The third-order valence-electron chi connectivity index (χ3n) is 4.50. The summed E-state index contributed by atoms with van der Waals surface area (Å²) in [4.78, 5) is 16.7. The fourth-order valence-electron chi connectivity index (χ4n) is 3.38. The fraction of sp³-hybridized carbons (Fsp3) is 0.933. The molecule has 2 aliphatic heterocycles. The Morgan fingerprint density at radius 3 is 2.30 bits per heavy atom. The lowest BCUT2D eigenvalue weighted by Crippen LogP contribution is -2.54. The first-order chi connectivity index (χ1) is 10.6. The van der Waals surface area contributed by atoms with E-state index in [1.165, 1.54) is 10.6 Å². The highest BCUT2D eigenvalue weighted by molar-refractivity contribution is 7.88. The van der Waals surface area contributed by atoms with Gasteiger partial charge in [-0.1, -0.05) is 0 Å². The van der Waals surface area contributed by atoms with Gasteiger partial charge >= 0.3 is 0 Å². The maximum atomic E-state index is 12.7. The molecule has 1 N–H and O–H groups in total. The molecule has 0 aliphatic carbocycles. The fourth-order valence-corrected chi connectivity index (χ4v) is 4.29. The zero-order valence-corrected chi connectivity index (χ0v) is 15.2. The van der Waals surface area contributed by atoms with Crippen molar-refractivity contribution in [3.8, 4) is 0 Å². The van der Waals surface area contributed by atoms with Gasteiger partial charge in [0.25, 0.3) is 0 Å². The molecule has 0 unspecified atom stereocenters. The van der Waals surface area contributed by atoms with E-state index in [0.29, 0.717) is 32.7 Å². The monoisotopic (exact) mass is 347 g/mol. The largest absolute Gasteiger partial charge is 0.389 e. The van der Waals surface area contributed by atoms with Gasteiger partial charge in [0.1, 0.15) is 0 Å². The zero-order chi connectivity index (χ0) is 17.3. The molecule has 2 rings (SSSR count). The Kier molecular flexibility index (Phi) is 5.71. The minimum absolute atomic E-state index is 0.0706. The van der Waals surface area contributed by atoms with Gasteiger partial charge in [-0.25, -0.2) is 12.7 Å². The Bertz CT molecular complexity index is 521. The van der Waals surface area contributed by atoms with Gasteiger partial charge in [0.05, 0.1) is 17.8 Å². The number of rotatable bonds is 4. The highest BCUT2D eigenvalue weighted by atomic mass is 32.2. The molecule has 0 saturated carbocycles. The number of piperazine rings is 1. The van der Waals surface area contributed by atoms with Crippen molar-refractivity contribution in [2.45, 2.75) is 32.3 Å². The standard InChI is InChI=1S/C15H29N3O4S/c1-15(2,20)12-16-7-9-17(10-8-16)14(19)13-5-4-6-18(11-13)23(3,21)22/h13,20H,4-12H2,1-3H3/t13-/m1/s1. The first-order valence-corrected chi connectivity index (χ1v) is 10.1. The molecule has 0 bridgehead atoms. The van der Waals surface area contributed by atoms with Crippen LogP contribution < -0.4 is 0 Å². The Labute approximate surface area is 139 Å². The Hall–Kier alpha value is -0.700. The van der Waals surface area contributed by atoms with Gasteiger partial charge in [-0.05, 0) is 26.7 Å². The number of piperidine rings is 1. The quantitative estimate of drug-likeness (QED) is 0.747. The maximum Gasteiger partial charge on any atom is 0.227 e. The second kappa shape index (κ2) is 7.04. The number of nitrogens with zero attached hydrogens (tertiary/aromatic N) is 3. The first-order valence-electron chi connectivity index (χ1n) is 8.25. The van der Waals surface area contributed by atoms with Gasteiger partial charge in [0, 0.05) is 45.8 Å². The van der Waals surface area contributed by atoms with Gasteiger partial charge < -0.3 is 10.0 Å². The van der Waals surface area contributed by atoms with Crippen LogP contribution in [0.1, 0.15) is 26.7 Å². The number of amides is 1. The van der Waals surface area contributed by atoms with Crippen molar-refractivity contribution >= 4 is 15.9 Å². The Morgan fingerprint density at radius 2 is 1.78 bits per heavy atom. The summed E-state index contributed by atoms with van der Waals surface area (Å²) < 4.78 is 24.8. The molecule has 7 nitrogen and oxygen atoms in total. The van der Waals surface area contributed by atoms with Gasteiger partial charge in [0.15, 0.2) is 0 Å². The number of sulfonamides is 1. The third kappa shape index (κ3) is 5.41. The van der Waals surface area contributed by atoms with E-state index in [9.17, 15) is 18.3 Å². The lowest BCUT2D eigenvalue weighted by Gasteiger charge is -2.39. The summed E-state index contributed by atoms with van der Waals surface area (Å²) in [5.74, 6) is -0.152. The maximum absolute atomic E-state index is 12.7. The van der Waals surface area contributed by atoms with Crippen LogP contribution in [0, 0.1) is 5.92 Å². The molecule has 134 valence electrons. The second-order valence-corrected chi connectivity index (χ2v) is 9.36. The van der Waals surface area contributed by atoms with Crippen LogP contribution in [-0.4, -0.2) is 91.2 Å². The van der Waals surface area contributed by atoms with Crippen molar-refractivity contribution in [2.75, 3.05) is 52.1 Å². The van der Waals surface area contributed by atoms with Gasteiger partial charge in [0.2, 0.25) is 15.9 Å². The van der Waals surface area contributed by atoms with E-state index in [-0.39, 0.29) is 11.8 Å². The molecule has 0 aromatic carbocycles. The molecule has 2 fully saturated rings. The predicted octanol–water partition coefficient (Wildman–Crippen LogP) is -0.427. The smallest absolute Gasteiger partial charge is 0.227 e. The van der Waals surface area contributed by atoms with E-state index in [2.05, 4.69) is 4.90 Å². The molecule has 1 atom stereocenters. The van der Waals surface area contributed by atoms with Crippen molar-refractivity contribution < 1.29 is 18.3 Å². The summed E-state index contributed by atoms with van der Waals surface area (Å²) in [5, 5.41) is 9.87. The van der Waals surface area contributed by atoms with Crippen molar-refractivity contribution in [1.82, 2.24) is 14.1 Å². The highest BCUT2D eigenvalue weighted by Gasteiger charge is 2.34. The molecule has 23 heavy (non-hydrogen) atoms. The Morgan fingerprint density at radius 1 is 1.17 bits per heavy atom. The average molecular weight is 347 g/mol. The summed E-state index contributed by atoms with van der Waals surface area (Å²) >= 11 is 0. The van der Waals surface area contributed by atoms with Gasteiger partial charge in [-0.2, -0.15) is 0 Å². The van der Waals surface area contributed by atoms with Crippen molar-refractivity contribution in [3.05, 3.63) is 0 Å². The third-order valence-corrected chi connectivity index (χ3v) is 5.77. The summed E-state index contributed by atoms with van der Waals surface area (Å²) in [6.07, 6.45) is 2.70. The lowest BCUT2D eigenvalue weighted by atomic mass is 9.97. The summed E-state index contributed by atoms with van der Waals surface area (Å²) in [6.45, 7) is 7.77. The first kappa shape index (κ1) is 18.6. The van der Waals surface area contributed by atoms with Crippen LogP contribution in [-0.2, 0) is 14.8 Å². The number of hydrogen-bond donors (Lipinski definition) is 1. The van der Waals surface area contributed by atoms with Gasteiger partial charge in [-0.15, -0.1) is 0 Å². The van der Waals surface area contributed by atoms with Crippen LogP contribution in [0.25, 0.3) is 0 Å². The topological polar surface area (TPSA) is 81.2 Å². The SMILES string of the molecule is CC(C)(O)CN1CCN(C(=O)[C@@H]2CCCN(S(C)(=O)=O)C2)CC1. The molecular formula is C15H29N3O4S. The van der Waals surface area contributed by atoms with Crippen LogP contribution in [0.5, 0.6) is 0 Å². The van der Waals surface area contributed by atoms with E-state index in [4.69, 9.17) is 0 Å². The van der Waals surface area contributed by atoms with Crippen LogP contribution in [0.4, 0.5) is 0 Å². The number of carbonyl (C=O) groups is 1. The number of β-amino-alcohol motifs (C(OH)–C–C–N with tert-alkyl or cyclic N) is 1. The van der Waals surface area contributed by atoms with Crippen LogP contribution in [0.3, 0.4) is 0 Å². The number of carbonyl (C=O) groups excluding carboxylic acids is 1. The Balaban J connectivity index is 1.87. The van der Waals surface area contributed by atoms with Crippen molar-refractivity contribution in [2.24, 2.45) is 5.92 Å². The molecule has 0 radical (unpaired) electrons. The number of aliphatic hydroxyl groups is 1. The lowest BCUT2D eigenvalue weighted by molar-refractivity contribution is -0.138. The second-order valence-electron chi connectivity index (χ2n) is 7.37. The molecule has 1 amide bonds. The van der Waals surface area contributed by atoms with E-state index < -0.39 is 15.6 Å². The minimum Gasteiger partial charge on any atom is -0.389 e. The molecule has 0 spiro atoms.